The molecule has 0 N–H and O–H groups in total. The van der Waals surface area contributed by atoms with Crippen LogP contribution >= 0.6 is 27.3 Å². The van der Waals surface area contributed by atoms with Crippen LogP contribution in [0, 0.1) is 5.82 Å². The highest BCUT2D eigenvalue weighted by Crippen LogP contribution is 2.23. The van der Waals surface area contributed by atoms with E-state index in [0.29, 0.717) is 29.0 Å². The highest BCUT2D eigenvalue weighted by Gasteiger charge is 2.12. The molecular formula is C16H12BrFN2O3S. The van der Waals surface area contributed by atoms with Crippen molar-refractivity contribution >= 4 is 33.2 Å². The second-order valence-electron chi connectivity index (χ2n) is 4.89. The lowest BCUT2D eigenvalue weighted by atomic mass is 10.2. The summed E-state index contributed by atoms with van der Waals surface area (Å²) in [6.45, 7) is 0. The van der Waals surface area contributed by atoms with E-state index in [0.717, 1.165) is 4.88 Å². The number of thiophene rings is 1. The largest absolute Gasteiger partial charge is 0.423 e. The van der Waals surface area contributed by atoms with E-state index in [1.807, 2.05) is 17.5 Å². The first-order chi connectivity index (χ1) is 11.6. The van der Waals surface area contributed by atoms with Gasteiger partial charge in [0, 0.05) is 17.3 Å². The van der Waals surface area contributed by atoms with E-state index in [1.54, 1.807) is 6.07 Å². The highest BCUT2D eigenvalue weighted by molar-refractivity contribution is 9.10. The Morgan fingerprint density at radius 3 is 3.00 bits per heavy atom. The van der Waals surface area contributed by atoms with Gasteiger partial charge in [-0.2, -0.15) is 4.98 Å². The van der Waals surface area contributed by atoms with Gasteiger partial charge in [-0.1, -0.05) is 27.2 Å². The molecule has 2 heterocycles. The lowest BCUT2D eigenvalue weighted by molar-refractivity contribution is -0.134. The first-order valence-electron chi connectivity index (χ1n) is 7.14. The second-order valence-corrected chi connectivity index (χ2v) is 6.75. The van der Waals surface area contributed by atoms with Gasteiger partial charge in [0.05, 0.1) is 4.88 Å². The molecule has 5 nitrogen and oxygen atoms in total. The summed E-state index contributed by atoms with van der Waals surface area (Å²) in [6, 6.07) is 8.07. The Hall–Kier alpha value is -2.06. The first-order valence-corrected chi connectivity index (χ1v) is 8.81. The predicted molar refractivity (Wildman–Crippen MR) is 90.3 cm³/mol. The van der Waals surface area contributed by atoms with E-state index >= 15 is 0 Å². The molecule has 0 radical (unpaired) electrons. The molecule has 0 atom stereocenters. The van der Waals surface area contributed by atoms with Crippen molar-refractivity contribution in [1.29, 1.82) is 0 Å². The fraction of sp³-hybridized carbons (Fsp3) is 0.188. The topological polar surface area (TPSA) is 65.2 Å². The Labute approximate surface area is 149 Å². The number of halogens is 2. The van der Waals surface area contributed by atoms with Crippen molar-refractivity contribution in [2.45, 2.75) is 19.3 Å². The molecule has 0 aliphatic rings. The molecule has 8 heteroatoms. The molecule has 0 fully saturated rings. The molecule has 0 saturated carbocycles. The second kappa shape index (κ2) is 7.67. The van der Waals surface area contributed by atoms with Crippen molar-refractivity contribution in [2.24, 2.45) is 0 Å². The lowest BCUT2D eigenvalue weighted by Crippen LogP contribution is -2.09. The molecule has 0 amide bonds. The molecule has 3 aromatic rings. The van der Waals surface area contributed by atoms with Crippen LogP contribution in [0.15, 0.2) is 44.7 Å². The third kappa shape index (κ3) is 4.27. The molecule has 0 spiro atoms. The molecule has 0 aliphatic heterocycles. The van der Waals surface area contributed by atoms with Crippen molar-refractivity contribution in [3.63, 3.8) is 0 Å². The molecular weight excluding hydrogens is 399 g/mol. The number of rotatable bonds is 6. The Morgan fingerprint density at radius 2 is 2.25 bits per heavy atom. The van der Waals surface area contributed by atoms with Gasteiger partial charge in [-0.15, -0.1) is 11.3 Å². The number of aryl methyl sites for hydroxylation is 1. The minimum Gasteiger partial charge on any atom is -0.423 e. The molecule has 2 aromatic heterocycles. The van der Waals surface area contributed by atoms with E-state index < -0.39 is 11.8 Å². The van der Waals surface area contributed by atoms with Crippen molar-refractivity contribution in [2.75, 3.05) is 0 Å². The normalized spacial score (nSPS) is 10.8. The van der Waals surface area contributed by atoms with Gasteiger partial charge in [0.1, 0.15) is 0 Å². The first kappa shape index (κ1) is 16.8. The minimum atomic E-state index is -0.588. The average molecular weight is 411 g/mol. The van der Waals surface area contributed by atoms with E-state index in [2.05, 4.69) is 26.1 Å². The number of hydrogen-bond donors (Lipinski definition) is 0. The van der Waals surface area contributed by atoms with Crippen LogP contribution in [0.4, 0.5) is 4.39 Å². The van der Waals surface area contributed by atoms with Crippen LogP contribution in [0.25, 0.3) is 10.7 Å². The van der Waals surface area contributed by atoms with E-state index in [4.69, 9.17) is 9.26 Å². The van der Waals surface area contributed by atoms with Gasteiger partial charge in [-0.3, -0.25) is 4.79 Å². The van der Waals surface area contributed by atoms with E-state index in [1.165, 1.54) is 23.5 Å². The minimum absolute atomic E-state index is 0.0824. The fourth-order valence-electron chi connectivity index (χ4n) is 1.98. The molecule has 0 bridgehead atoms. The number of carbonyl (C=O) groups excluding carboxylic acids is 1. The van der Waals surface area contributed by atoms with Gasteiger partial charge in [-0.25, -0.2) is 4.39 Å². The highest BCUT2D eigenvalue weighted by atomic mass is 79.9. The van der Waals surface area contributed by atoms with Crippen LogP contribution in [-0.2, 0) is 11.2 Å². The van der Waals surface area contributed by atoms with Crippen molar-refractivity contribution < 1.29 is 18.4 Å². The molecule has 0 saturated heterocycles. The Morgan fingerprint density at radius 1 is 1.38 bits per heavy atom. The van der Waals surface area contributed by atoms with Crippen molar-refractivity contribution in [3.8, 4) is 16.5 Å². The number of aromatic nitrogens is 2. The van der Waals surface area contributed by atoms with Gasteiger partial charge < -0.3 is 9.26 Å². The molecule has 0 aliphatic carbocycles. The molecule has 0 unspecified atom stereocenters. The van der Waals surface area contributed by atoms with Crippen LogP contribution in [0.5, 0.6) is 5.75 Å². The van der Waals surface area contributed by atoms with Gasteiger partial charge in [0.25, 0.3) is 0 Å². The van der Waals surface area contributed by atoms with Crippen molar-refractivity contribution in [1.82, 2.24) is 10.1 Å². The SMILES string of the molecule is O=C(CCCc1nc(-c2cccs2)no1)Oc1ccc(Br)cc1F. The number of carbonyl (C=O) groups is 1. The summed E-state index contributed by atoms with van der Waals surface area (Å²) in [7, 11) is 0. The number of esters is 1. The molecule has 1 aromatic carbocycles. The average Bonchev–Trinajstić information content (AvgIpc) is 3.21. The molecule has 124 valence electrons. The zero-order valence-electron chi connectivity index (χ0n) is 12.4. The Balaban J connectivity index is 1.48. The third-order valence-corrected chi connectivity index (χ3v) is 4.46. The van der Waals surface area contributed by atoms with Crippen LogP contribution in [0.2, 0.25) is 0 Å². The Bertz CT molecular complexity index is 836. The number of hydrogen-bond acceptors (Lipinski definition) is 6. The standard InChI is InChI=1S/C16H12BrFN2O3S/c17-10-6-7-12(11(18)9-10)22-15(21)5-1-4-14-19-16(20-23-14)13-3-2-8-24-13/h2-3,6-9H,1,4-5H2. The maximum atomic E-state index is 13.6. The maximum absolute atomic E-state index is 13.6. The summed E-state index contributed by atoms with van der Waals surface area (Å²) in [5.41, 5.74) is 0. The predicted octanol–water partition coefficient (Wildman–Crippen LogP) is 4.63. The number of ether oxygens (including phenoxy) is 1. The summed E-state index contributed by atoms with van der Waals surface area (Å²) in [5.74, 6) is -0.175. The summed E-state index contributed by atoms with van der Waals surface area (Å²) >= 11 is 4.67. The van der Waals surface area contributed by atoms with Crippen LogP contribution in [0.3, 0.4) is 0 Å². The van der Waals surface area contributed by atoms with Gasteiger partial charge >= 0.3 is 5.97 Å². The van der Waals surface area contributed by atoms with Crippen LogP contribution < -0.4 is 4.74 Å². The van der Waals surface area contributed by atoms with Crippen LogP contribution in [0.1, 0.15) is 18.7 Å². The van der Waals surface area contributed by atoms with Crippen molar-refractivity contribution in [3.05, 3.63) is 51.9 Å². The summed E-state index contributed by atoms with van der Waals surface area (Å²) in [5, 5.41) is 5.83. The third-order valence-electron chi connectivity index (χ3n) is 3.10. The zero-order valence-corrected chi connectivity index (χ0v) is 14.8. The number of benzene rings is 1. The molecule has 3 rings (SSSR count). The molecule has 24 heavy (non-hydrogen) atoms. The maximum Gasteiger partial charge on any atom is 0.311 e. The van der Waals surface area contributed by atoms with Gasteiger partial charge in [0.2, 0.25) is 11.7 Å². The van der Waals surface area contributed by atoms with E-state index in [-0.39, 0.29) is 12.2 Å². The zero-order chi connectivity index (χ0) is 16.9. The lowest BCUT2D eigenvalue weighted by Gasteiger charge is -2.05. The van der Waals surface area contributed by atoms with Gasteiger partial charge in [-0.05, 0) is 36.1 Å². The van der Waals surface area contributed by atoms with Gasteiger partial charge in [0.15, 0.2) is 11.6 Å². The van der Waals surface area contributed by atoms with Crippen LogP contribution in [-0.4, -0.2) is 16.1 Å². The summed E-state index contributed by atoms with van der Waals surface area (Å²) in [4.78, 5) is 17.0. The van der Waals surface area contributed by atoms with E-state index in [9.17, 15) is 9.18 Å². The fourth-order valence-corrected chi connectivity index (χ4v) is 2.96. The summed E-state index contributed by atoms with van der Waals surface area (Å²) < 4.78 is 24.3. The smallest absolute Gasteiger partial charge is 0.311 e. The summed E-state index contributed by atoms with van der Waals surface area (Å²) in [6.07, 6.45) is 1.06. The monoisotopic (exact) mass is 410 g/mol. The number of nitrogens with zero attached hydrogens (tertiary/aromatic N) is 2. The quantitative estimate of drug-likeness (QED) is 0.437. The Kier molecular flexibility index (Phi) is 5.37.